The number of rotatable bonds is 4. The molecular formula is C15H11ClFNO2. The van der Waals surface area contributed by atoms with Crippen LogP contribution in [0.4, 0.5) is 10.1 Å². The molecule has 0 unspecified atom stereocenters. The summed E-state index contributed by atoms with van der Waals surface area (Å²) < 4.78 is 13.4. The molecule has 20 heavy (non-hydrogen) atoms. The minimum absolute atomic E-state index is 0.0923. The van der Waals surface area contributed by atoms with Crippen molar-refractivity contribution in [2.24, 2.45) is 0 Å². The highest BCUT2D eigenvalue weighted by Crippen LogP contribution is 2.21. The molecule has 0 aliphatic carbocycles. The van der Waals surface area contributed by atoms with Crippen molar-refractivity contribution in [3.05, 3.63) is 65.5 Å². The normalized spacial score (nSPS) is 10.1. The van der Waals surface area contributed by atoms with Gasteiger partial charge in [0.05, 0.1) is 5.69 Å². The van der Waals surface area contributed by atoms with Crippen LogP contribution >= 0.6 is 11.6 Å². The standard InChI is InChI=1S/C15H11ClFNO2/c16-9-14(19)18-13-7-6-11(17)8-12(13)15(20)10-4-2-1-3-5-10/h1-8H,9H2,(H,18,19). The number of halogens is 2. The molecule has 0 heterocycles. The van der Waals surface area contributed by atoms with Crippen LogP contribution in [0.15, 0.2) is 48.5 Å². The molecule has 0 radical (unpaired) electrons. The quantitative estimate of drug-likeness (QED) is 0.694. The van der Waals surface area contributed by atoms with Gasteiger partial charge in [-0.25, -0.2) is 4.39 Å². The number of carbonyl (C=O) groups is 2. The topological polar surface area (TPSA) is 46.2 Å². The van der Waals surface area contributed by atoms with Gasteiger partial charge in [0.2, 0.25) is 5.91 Å². The summed E-state index contributed by atoms with van der Waals surface area (Å²) in [5.74, 6) is -1.61. The van der Waals surface area contributed by atoms with Crippen molar-refractivity contribution in [3.8, 4) is 0 Å². The molecule has 0 atom stereocenters. The Balaban J connectivity index is 2.41. The Labute approximate surface area is 120 Å². The van der Waals surface area contributed by atoms with Crippen molar-refractivity contribution in [2.45, 2.75) is 0 Å². The van der Waals surface area contributed by atoms with Crippen molar-refractivity contribution >= 4 is 29.0 Å². The lowest BCUT2D eigenvalue weighted by Gasteiger charge is -2.10. The predicted molar refractivity (Wildman–Crippen MR) is 75.6 cm³/mol. The Bertz CT molecular complexity index is 644. The van der Waals surface area contributed by atoms with E-state index in [-0.39, 0.29) is 22.9 Å². The number of amides is 1. The number of alkyl halides is 1. The molecular weight excluding hydrogens is 281 g/mol. The van der Waals surface area contributed by atoms with E-state index in [1.165, 1.54) is 12.1 Å². The van der Waals surface area contributed by atoms with Crippen LogP contribution in [-0.4, -0.2) is 17.6 Å². The zero-order valence-corrected chi connectivity index (χ0v) is 11.2. The summed E-state index contributed by atoms with van der Waals surface area (Å²) in [6.45, 7) is 0. The molecule has 0 saturated carbocycles. The van der Waals surface area contributed by atoms with Crippen LogP contribution in [0, 0.1) is 5.82 Å². The van der Waals surface area contributed by atoms with Crippen LogP contribution in [0.5, 0.6) is 0 Å². The maximum absolute atomic E-state index is 13.4. The number of carbonyl (C=O) groups excluding carboxylic acids is 2. The van der Waals surface area contributed by atoms with Gasteiger partial charge in [-0.2, -0.15) is 0 Å². The molecule has 102 valence electrons. The summed E-state index contributed by atoms with van der Waals surface area (Å²) in [6.07, 6.45) is 0. The Morgan fingerprint density at radius 2 is 1.80 bits per heavy atom. The van der Waals surface area contributed by atoms with Crippen LogP contribution in [0.2, 0.25) is 0 Å². The molecule has 2 rings (SSSR count). The molecule has 1 amide bonds. The second-order valence-corrected chi connectivity index (χ2v) is 4.33. The zero-order valence-electron chi connectivity index (χ0n) is 10.4. The molecule has 1 N–H and O–H groups in total. The first kappa shape index (κ1) is 14.2. The van der Waals surface area contributed by atoms with E-state index in [0.717, 1.165) is 6.07 Å². The zero-order chi connectivity index (χ0) is 14.5. The van der Waals surface area contributed by atoms with E-state index in [0.29, 0.717) is 5.56 Å². The highest BCUT2D eigenvalue weighted by molar-refractivity contribution is 6.29. The lowest BCUT2D eigenvalue weighted by Crippen LogP contribution is -2.16. The minimum Gasteiger partial charge on any atom is -0.324 e. The third-order valence-electron chi connectivity index (χ3n) is 2.66. The maximum atomic E-state index is 13.4. The Morgan fingerprint density at radius 3 is 2.45 bits per heavy atom. The summed E-state index contributed by atoms with van der Waals surface area (Å²) in [6, 6.07) is 12.1. The van der Waals surface area contributed by atoms with Gasteiger partial charge in [-0.05, 0) is 18.2 Å². The second kappa shape index (κ2) is 6.30. The van der Waals surface area contributed by atoms with Crippen LogP contribution in [0.25, 0.3) is 0 Å². The summed E-state index contributed by atoms with van der Waals surface area (Å²) >= 11 is 5.41. The summed E-state index contributed by atoms with van der Waals surface area (Å²) in [7, 11) is 0. The van der Waals surface area contributed by atoms with Gasteiger partial charge >= 0.3 is 0 Å². The summed E-state index contributed by atoms with van der Waals surface area (Å²) in [5, 5.41) is 2.48. The van der Waals surface area contributed by atoms with Gasteiger partial charge in [0.1, 0.15) is 11.7 Å². The average Bonchev–Trinajstić information content (AvgIpc) is 2.49. The molecule has 5 heteroatoms. The van der Waals surface area contributed by atoms with Crippen LogP contribution in [0.3, 0.4) is 0 Å². The highest BCUT2D eigenvalue weighted by atomic mass is 35.5. The van der Waals surface area contributed by atoms with E-state index in [2.05, 4.69) is 5.32 Å². The first-order valence-corrected chi connectivity index (χ1v) is 6.40. The van der Waals surface area contributed by atoms with Crippen LogP contribution in [0.1, 0.15) is 15.9 Å². The largest absolute Gasteiger partial charge is 0.324 e. The fourth-order valence-electron chi connectivity index (χ4n) is 1.74. The van der Waals surface area contributed by atoms with Gasteiger partial charge in [-0.3, -0.25) is 9.59 Å². The number of hydrogen-bond donors (Lipinski definition) is 1. The smallest absolute Gasteiger partial charge is 0.239 e. The van der Waals surface area contributed by atoms with Crippen LogP contribution in [-0.2, 0) is 4.79 Å². The van der Waals surface area contributed by atoms with Gasteiger partial charge in [0, 0.05) is 11.1 Å². The van der Waals surface area contributed by atoms with Gasteiger partial charge < -0.3 is 5.32 Å². The van der Waals surface area contributed by atoms with E-state index in [1.54, 1.807) is 30.3 Å². The van der Waals surface area contributed by atoms with Gasteiger partial charge in [-0.15, -0.1) is 11.6 Å². The molecule has 0 spiro atoms. The summed E-state index contributed by atoms with van der Waals surface area (Å²) in [4.78, 5) is 23.7. The number of hydrogen-bond acceptors (Lipinski definition) is 2. The Kier molecular flexibility index (Phi) is 4.48. The highest BCUT2D eigenvalue weighted by Gasteiger charge is 2.15. The molecule has 0 aliphatic rings. The third kappa shape index (κ3) is 3.22. The van der Waals surface area contributed by atoms with Crippen LogP contribution < -0.4 is 5.32 Å². The molecule has 2 aromatic rings. The fourth-order valence-corrected chi connectivity index (χ4v) is 1.81. The van der Waals surface area contributed by atoms with Gasteiger partial charge in [0.25, 0.3) is 0 Å². The third-order valence-corrected chi connectivity index (χ3v) is 2.90. The summed E-state index contributed by atoms with van der Waals surface area (Å²) in [5.41, 5.74) is 0.750. The predicted octanol–water partition coefficient (Wildman–Crippen LogP) is 3.23. The molecule has 0 fully saturated rings. The van der Waals surface area contributed by atoms with Crippen molar-refractivity contribution in [3.63, 3.8) is 0 Å². The molecule has 0 aliphatic heterocycles. The van der Waals surface area contributed by atoms with E-state index in [4.69, 9.17) is 11.6 Å². The molecule has 0 saturated heterocycles. The number of nitrogens with one attached hydrogen (secondary N) is 1. The van der Waals surface area contributed by atoms with Crippen molar-refractivity contribution < 1.29 is 14.0 Å². The maximum Gasteiger partial charge on any atom is 0.239 e. The van der Waals surface area contributed by atoms with Gasteiger partial charge in [-0.1, -0.05) is 30.3 Å². The molecule has 2 aromatic carbocycles. The van der Waals surface area contributed by atoms with Crippen molar-refractivity contribution in [2.75, 3.05) is 11.2 Å². The first-order chi connectivity index (χ1) is 9.61. The van der Waals surface area contributed by atoms with E-state index >= 15 is 0 Å². The second-order valence-electron chi connectivity index (χ2n) is 4.07. The molecule has 0 aromatic heterocycles. The fraction of sp³-hybridized carbons (Fsp3) is 0.0667. The first-order valence-electron chi connectivity index (χ1n) is 5.87. The van der Waals surface area contributed by atoms with Crippen molar-refractivity contribution in [1.82, 2.24) is 0 Å². The molecule has 0 bridgehead atoms. The van der Waals surface area contributed by atoms with E-state index in [1.807, 2.05) is 0 Å². The van der Waals surface area contributed by atoms with Crippen molar-refractivity contribution in [1.29, 1.82) is 0 Å². The Morgan fingerprint density at radius 1 is 1.10 bits per heavy atom. The monoisotopic (exact) mass is 291 g/mol. The molecule has 3 nitrogen and oxygen atoms in total. The van der Waals surface area contributed by atoms with E-state index in [9.17, 15) is 14.0 Å². The minimum atomic E-state index is -0.548. The van der Waals surface area contributed by atoms with Gasteiger partial charge in [0.15, 0.2) is 5.78 Å². The number of anilines is 1. The lowest BCUT2D eigenvalue weighted by atomic mass is 10.0. The SMILES string of the molecule is O=C(CCl)Nc1ccc(F)cc1C(=O)c1ccccc1. The number of benzene rings is 2. The average molecular weight is 292 g/mol. The van der Waals surface area contributed by atoms with E-state index < -0.39 is 11.7 Å². The lowest BCUT2D eigenvalue weighted by molar-refractivity contribution is -0.113. The number of ketones is 1. The Hall–Kier alpha value is -2.20.